The average molecular weight is 338 g/mol. The summed E-state index contributed by atoms with van der Waals surface area (Å²) in [6.45, 7) is 2.21. The van der Waals surface area contributed by atoms with Crippen molar-refractivity contribution in [2.45, 2.75) is 32.6 Å². The van der Waals surface area contributed by atoms with Crippen LogP contribution in [0.25, 0.3) is 11.4 Å². The van der Waals surface area contributed by atoms with Crippen molar-refractivity contribution in [2.75, 3.05) is 11.9 Å². The molecule has 6 heteroatoms. The second-order valence-corrected chi connectivity index (χ2v) is 6.61. The van der Waals surface area contributed by atoms with Crippen LogP contribution in [0.5, 0.6) is 0 Å². The van der Waals surface area contributed by atoms with Gasteiger partial charge in [-0.25, -0.2) is 0 Å². The number of aromatic nitrogens is 3. The number of carbonyl (C=O) groups excluding carboxylic acids is 1. The SMILES string of the molecule is Cc1c(CCCO)[nH]c2c1CC(=O)Nc1cc(Cc3cc[nH]c3)[nH]c1-2. The van der Waals surface area contributed by atoms with E-state index in [1.807, 2.05) is 31.5 Å². The molecule has 0 radical (unpaired) electrons. The van der Waals surface area contributed by atoms with E-state index in [-0.39, 0.29) is 12.5 Å². The number of hydrogen-bond acceptors (Lipinski definition) is 2. The summed E-state index contributed by atoms with van der Waals surface area (Å²) >= 11 is 0. The summed E-state index contributed by atoms with van der Waals surface area (Å²) < 4.78 is 0. The van der Waals surface area contributed by atoms with E-state index in [4.69, 9.17) is 5.11 Å². The molecule has 0 aliphatic carbocycles. The van der Waals surface area contributed by atoms with E-state index in [2.05, 4.69) is 20.3 Å². The van der Waals surface area contributed by atoms with Crippen molar-refractivity contribution in [3.8, 4) is 11.4 Å². The summed E-state index contributed by atoms with van der Waals surface area (Å²) in [6, 6.07) is 4.06. The standard InChI is InChI=1S/C19H22N4O2/c1-11-14-9-17(25)22-16-8-13(7-12-4-5-20-10-12)21-19(16)18(14)23-15(11)3-2-6-24/h4-5,8,10,20-21,23-24H,2-3,6-7,9H2,1H3,(H,22,25). The predicted octanol–water partition coefficient (Wildman–Crippen LogP) is 2.66. The van der Waals surface area contributed by atoms with Gasteiger partial charge in [-0.3, -0.25) is 4.79 Å². The minimum absolute atomic E-state index is 0.00278. The molecule has 130 valence electrons. The van der Waals surface area contributed by atoms with Gasteiger partial charge < -0.3 is 25.4 Å². The van der Waals surface area contributed by atoms with Gasteiger partial charge in [0.05, 0.1) is 23.5 Å². The van der Waals surface area contributed by atoms with Gasteiger partial charge in [-0.1, -0.05) is 0 Å². The molecule has 0 saturated carbocycles. The fourth-order valence-electron chi connectivity index (χ4n) is 3.57. The topological polar surface area (TPSA) is 96.7 Å². The minimum Gasteiger partial charge on any atom is -0.396 e. The van der Waals surface area contributed by atoms with E-state index >= 15 is 0 Å². The summed E-state index contributed by atoms with van der Waals surface area (Å²) in [7, 11) is 0. The van der Waals surface area contributed by atoms with E-state index in [1.165, 1.54) is 5.56 Å². The molecule has 4 heterocycles. The molecule has 0 saturated heterocycles. The molecular weight excluding hydrogens is 316 g/mol. The number of rotatable bonds is 5. The first-order valence-corrected chi connectivity index (χ1v) is 8.60. The number of hydrogen-bond donors (Lipinski definition) is 5. The van der Waals surface area contributed by atoms with Crippen molar-refractivity contribution in [1.82, 2.24) is 15.0 Å². The molecule has 1 amide bonds. The summed E-state index contributed by atoms with van der Waals surface area (Å²) in [5, 5.41) is 12.1. The van der Waals surface area contributed by atoms with Crippen molar-refractivity contribution < 1.29 is 9.90 Å². The van der Waals surface area contributed by atoms with Gasteiger partial charge in [-0.15, -0.1) is 0 Å². The molecule has 1 aliphatic rings. The molecular formula is C19H22N4O2. The van der Waals surface area contributed by atoms with Gasteiger partial charge in [0.1, 0.15) is 0 Å². The predicted molar refractivity (Wildman–Crippen MR) is 96.7 cm³/mol. The van der Waals surface area contributed by atoms with Crippen LogP contribution >= 0.6 is 0 Å². The number of aromatic amines is 3. The highest BCUT2D eigenvalue weighted by Crippen LogP contribution is 2.36. The number of amides is 1. The third kappa shape index (κ3) is 2.89. The molecule has 0 atom stereocenters. The Morgan fingerprint density at radius 1 is 1.24 bits per heavy atom. The van der Waals surface area contributed by atoms with Crippen LogP contribution in [0.4, 0.5) is 5.69 Å². The fourth-order valence-corrected chi connectivity index (χ4v) is 3.57. The summed E-state index contributed by atoms with van der Waals surface area (Å²) in [6.07, 6.45) is 6.52. The lowest BCUT2D eigenvalue weighted by molar-refractivity contribution is -0.115. The molecule has 4 rings (SSSR count). The molecule has 0 spiro atoms. The first-order valence-electron chi connectivity index (χ1n) is 8.60. The third-order valence-electron chi connectivity index (χ3n) is 4.86. The number of aliphatic hydroxyl groups excluding tert-OH is 1. The van der Waals surface area contributed by atoms with Crippen LogP contribution < -0.4 is 5.32 Å². The van der Waals surface area contributed by atoms with Gasteiger partial charge in [0.15, 0.2) is 0 Å². The highest BCUT2D eigenvalue weighted by molar-refractivity contribution is 6.00. The van der Waals surface area contributed by atoms with Gasteiger partial charge in [0, 0.05) is 36.8 Å². The minimum atomic E-state index is 0.00278. The number of fused-ring (bicyclic) bond motifs is 3. The molecule has 0 unspecified atom stereocenters. The average Bonchev–Trinajstić information content (AvgIpc) is 3.27. The quantitative estimate of drug-likeness (QED) is 0.494. The van der Waals surface area contributed by atoms with Crippen LogP contribution in [-0.4, -0.2) is 32.6 Å². The van der Waals surface area contributed by atoms with Crippen LogP contribution in [-0.2, 0) is 24.1 Å². The van der Waals surface area contributed by atoms with Crippen molar-refractivity contribution in [2.24, 2.45) is 0 Å². The summed E-state index contributed by atoms with van der Waals surface area (Å²) in [5.74, 6) is 0.00278. The van der Waals surface area contributed by atoms with E-state index in [0.717, 1.165) is 52.4 Å². The van der Waals surface area contributed by atoms with E-state index < -0.39 is 0 Å². The third-order valence-corrected chi connectivity index (χ3v) is 4.86. The molecule has 6 nitrogen and oxygen atoms in total. The lowest BCUT2D eigenvalue weighted by Gasteiger charge is -2.02. The highest BCUT2D eigenvalue weighted by atomic mass is 16.2. The number of carbonyl (C=O) groups is 1. The van der Waals surface area contributed by atoms with E-state index in [1.54, 1.807) is 0 Å². The lowest BCUT2D eigenvalue weighted by Crippen LogP contribution is -2.12. The molecule has 1 aliphatic heterocycles. The normalized spacial score (nSPS) is 13.3. The Morgan fingerprint density at radius 3 is 2.88 bits per heavy atom. The van der Waals surface area contributed by atoms with Crippen LogP contribution in [0.15, 0.2) is 24.5 Å². The molecule has 25 heavy (non-hydrogen) atoms. The lowest BCUT2D eigenvalue weighted by atomic mass is 10.0. The van der Waals surface area contributed by atoms with Crippen LogP contribution in [0.3, 0.4) is 0 Å². The summed E-state index contributed by atoms with van der Waals surface area (Å²) in [4.78, 5) is 22.4. The Balaban J connectivity index is 1.75. The maximum Gasteiger partial charge on any atom is 0.228 e. The Labute approximate surface area is 145 Å². The van der Waals surface area contributed by atoms with Crippen molar-refractivity contribution in [1.29, 1.82) is 0 Å². The van der Waals surface area contributed by atoms with E-state index in [9.17, 15) is 4.79 Å². The number of anilines is 1. The molecule has 0 bridgehead atoms. The first-order chi connectivity index (χ1) is 12.2. The van der Waals surface area contributed by atoms with Gasteiger partial charge in [0.2, 0.25) is 5.91 Å². The zero-order valence-corrected chi connectivity index (χ0v) is 14.2. The number of aryl methyl sites for hydroxylation is 1. The Morgan fingerprint density at radius 2 is 2.12 bits per heavy atom. The Bertz CT molecular complexity index is 902. The van der Waals surface area contributed by atoms with E-state index in [0.29, 0.717) is 12.8 Å². The molecule has 3 aromatic rings. The van der Waals surface area contributed by atoms with Gasteiger partial charge >= 0.3 is 0 Å². The number of aliphatic hydroxyl groups is 1. The number of H-pyrrole nitrogens is 3. The van der Waals surface area contributed by atoms with Crippen molar-refractivity contribution >= 4 is 11.6 Å². The van der Waals surface area contributed by atoms with Crippen LogP contribution in [0.2, 0.25) is 0 Å². The maximum absolute atomic E-state index is 12.3. The molecule has 3 aromatic heterocycles. The number of nitrogens with one attached hydrogen (secondary N) is 4. The van der Waals surface area contributed by atoms with Gasteiger partial charge in [-0.2, -0.15) is 0 Å². The highest BCUT2D eigenvalue weighted by Gasteiger charge is 2.25. The Hall–Kier alpha value is -2.73. The monoisotopic (exact) mass is 338 g/mol. The summed E-state index contributed by atoms with van der Waals surface area (Å²) in [5.41, 5.74) is 8.25. The second-order valence-electron chi connectivity index (χ2n) is 6.61. The molecule has 0 aromatic carbocycles. The van der Waals surface area contributed by atoms with Crippen LogP contribution in [0.1, 0.15) is 34.5 Å². The fraction of sp³-hybridized carbons (Fsp3) is 0.316. The molecule has 5 N–H and O–H groups in total. The largest absolute Gasteiger partial charge is 0.396 e. The van der Waals surface area contributed by atoms with Crippen molar-refractivity contribution in [3.05, 3.63) is 52.6 Å². The molecule has 0 fully saturated rings. The smallest absolute Gasteiger partial charge is 0.228 e. The zero-order valence-electron chi connectivity index (χ0n) is 14.2. The maximum atomic E-state index is 12.3. The Kier molecular flexibility index (Phi) is 3.97. The van der Waals surface area contributed by atoms with Gasteiger partial charge in [0.25, 0.3) is 0 Å². The van der Waals surface area contributed by atoms with Gasteiger partial charge in [-0.05, 0) is 48.6 Å². The van der Waals surface area contributed by atoms with Crippen molar-refractivity contribution in [3.63, 3.8) is 0 Å². The second kappa shape index (κ2) is 6.29. The van der Waals surface area contributed by atoms with Crippen LogP contribution in [0, 0.1) is 6.92 Å². The first kappa shape index (κ1) is 15.8. The zero-order chi connectivity index (χ0) is 17.4.